The molecule has 6 rings (SSSR count). The summed E-state index contributed by atoms with van der Waals surface area (Å²) in [5.41, 5.74) is 8.19. The van der Waals surface area contributed by atoms with E-state index in [4.69, 9.17) is 19.0 Å². The van der Waals surface area contributed by atoms with Crippen molar-refractivity contribution in [1.29, 1.82) is 0 Å². The second-order valence-corrected chi connectivity index (χ2v) is 15.2. The predicted octanol–water partition coefficient (Wildman–Crippen LogP) is 10.4. The molecular formula is C49H56N2O7. The summed E-state index contributed by atoms with van der Waals surface area (Å²) in [6.45, 7) is 13.7. The molecule has 9 nitrogen and oxygen atoms in total. The number of aliphatic hydroxyl groups is 1. The maximum Gasteiger partial charge on any atom is 0.332 e. The van der Waals surface area contributed by atoms with Gasteiger partial charge in [-0.15, -0.1) is 0 Å². The number of benzene rings is 5. The third kappa shape index (κ3) is 9.11. The molecular weight excluding hydrogens is 729 g/mol. The van der Waals surface area contributed by atoms with E-state index in [1.54, 1.807) is 13.2 Å². The van der Waals surface area contributed by atoms with Gasteiger partial charge in [-0.1, -0.05) is 86.3 Å². The number of hydrogen-bond donors (Lipinski definition) is 1. The lowest BCUT2D eigenvalue weighted by Crippen LogP contribution is -2.12. The van der Waals surface area contributed by atoms with Crippen LogP contribution in [0.25, 0.3) is 32.6 Å². The highest BCUT2D eigenvalue weighted by Crippen LogP contribution is 2.40. The van der Waals surface area contributed by atoms with Crippen LogP contribution in [-0.2, 0) is 20.9 Å². The van der Waals surface area contributed by atoms with E-state index in [9.17, 15) is 14.7 Å². The molecule has 6 aromatic rings. The zero-order valence-electron chi connectivity index (χ0n) is 34.9. The van der Waals surface area contributed by atoms with E-state index in [1.165, 1.54) is 6.92 Å². The summed E-state index contributed by atoms with van der Waals surface area (Å²) in [5.74, 6) is 0.921. The number of rotatable bonds is 19. The first-order chi connectivity index (χ1) is 28.1. The quantitative estimate of drug-likeness (QED) is 0.0286. The number of unbranched alkanes of at least 4 members (excludes halogenated alkanes) is 1. The molecule has 0 saturated heterocycles. The van der Waals surface area contributed by atoms with Crippen molar-refractivity contribution in [2.24, 2.45) is 11.1 Å². The van der Waals surface area contributed by atoms with E-state index >= 15 is 0 Å². The second-order valence-electron chi connectivity index (χ2n) is 15.2. The van der Waals surface area contributed by atoms with E-state index in [0.717, 1.165) is 87.1 Å². The Kier molecular flexibility index (Phi) is 14.0. The van der Waals surface area contributed by atoms with E-state index in [0.29, 0.717) is 59.5 Å². The molecule has 0 amide bonds. The number of aliphatic hydroxyl groups excluding tert-OH is 1. The molecule has 58 heavy (non-hydrogen) atoms. The molecule has 0 fully saturated rings. The van der Waals surface area contributed by atoms with Crippen molar-refractivity contribution in [3.05, 3.63) is 118 Å². The molecule has 5 aromatic carbocycles. The molecule has 1 aromatic heterocycles. The Morgan fingerprint density at radius 2 is 1.55 bits per heavy atom. The SMILES string of the molecule is CCCCC(CC)Cn1c2ccc(C(=NOC(C)=O)c3ccc(OCCOC)cc3OCCCO)cc2c2cc(C(=O)c3c(C)cc(C)cc3C)c3ccccc3c21. The lowest BCUT2D eigenvalue weighted by atomic mass is 9.89. The van der Waals surface area contributed by atoms with Crippen LogP contribution in [-0.4, -0.2) is 60.7 Å². The Morgan fingerprint density at radius 1 is 0.793 bits per heavy atom. The summed E-state index contributed by atoms with van der Waals surface area (Å²) in [5, 5.41) is 17.8. The normalized spacial score (nSPS) is 12.4. The molecule has 0 radical (unpaired) electrons. The van der Waals surface area contributed by atoms with Crippen molar-refractivity contribution in [3.63, 3.8) is 0 Å². The second kappa shape index (κ2) is 19.3. The minimum absolute atomic E-state index is 0.00544. The maximum atomic E-state index is 14.8. The zero-order valence-corrected chi connectivity index (χ0v) is 34.9. The number of methoxy groups -OCH3 is 1. The fourth-order valence-electron chi connectivity index (χ4n) is 8.10. The summed E-state index contributed by atoms with van der Waals surface area (Å²) in [6.07, 6.45) is 4.88. The average molecular weight is 785 g/mol. The molecule has 0 bridgehead atoms. The van der Waals surface area contributed by atoms with Gasteiger partial charge in [-0.05, 0) is 80.0 Å². The van der Waals surface area contributed by atoms with Crippen LogP contribution in [0, 0.1) is 26.7 Å². The first-order valence-corrected chi connectivity index (χ1v) is 20.5. The molecule has 0 aliphatic heterocycles. The minimum atomic E-state index is -0.563. The molecule has 0 aliphatic rings. The molecule has 1 heterocycles. The van der Waals surface area contributed by atoms with Crippen LogP contribution in [0.2, 0.25) is 0 Å². The Hall–Kier alpha value is -5.51. The van der Waals surface area contributed by atoms with Gasteiger partial charge in [0.05, 0.1) is 18.7 Å². The van der Waals surface area contributed by atoms with Crippen LogP contribution in [0.15, 0.2) is 84.0 Å². The van der Waals surface area contributed by atoms with Gasteiger partial charge in [0.2, 0.25) is 0 Å². The Balaban J connectivity index is 1.63. The number of ether oxygens (including phenoxy) is 3. The van der Waals surface area contributed by atoms with Crippen LogP contribution < -0.4 is 9.47 Å². The van der Waals surface area contributed by atoms with Crippen LogP contribution in [0.1, 0.15) is 96.6 Å². The number of oxime groups is 1. The third-order valence-corrected chi connectivity index (χ3v) is 10.9. The van der Waals surface area contributed by atoms with E-state index < -0.39 is 5.97 Å². The van der Waals surface area contributed by atoms with Crippen LogP contribution in [0.3, 0.4) is 0 Å². The number of aryl methyl sites for hydroxylation is 3. The van der Waals surface area contributed by atoms with Crippen molar-refractivity contribution in [1.82, 2.24) is 4.57 Å². The average Bonchev–Trinajstić information content (AvgIpc) is 3.51. The van der Waals surface area contributed by atoms with Gasteiger partial charge in [-0.25, -0.2) is 4.79 Å². The highest BCUT2D eigenvalue weighted by molar-refractivity contribution is 6.27. The summed E-state index contributed by atoms with van der Waals surface area (Å²) < 4.78 is 19.7. The lowest BCUT2D eigenvalue weighted by molar-refractivity contribution is -0.140. The molecule has 0 spiro atoms. The summed E-state index contributed by atoms with van der Waals surface area (Å²) >= 11 is 0. The maximum absolute atomic E-state index is 14.8. The molecule has 304 valence electrons. The smallest absolute Gasteiger partial charge is 0.332 e. The van der Waals surface area contributed by atoms with Crippen LogP contribution in [0.4, 0.5) is 0 Å². The highest BCUT2D eigenvalue weighted by atomic mass is 16.7. The van der Waals surface area contributed by atoms with Gasteiger partial charge < -0.3 is 28.7 Å². The minimum Gasteiger partial charge on any atom is -0.493 e. The van der Waals surface area contributed by atoms with Gasteiger partial charge in [-0.2, -0.15) is 0 Å². The van der Waals surface area contributed by atoms with Gasteiger partial charge in [0.15, 0.2) is 5.78 Å². The summed E-state index contributed by atoms with van der Waals surface area (Å²) in [4.78, 5) is 32.4. The molecule has 0 aliphatic carbocycles. The predicted molar refractivity (Wildman–Crippen MR) is 233 cm³/mol. The highest BCUT2D eigenvalue weighted by Gasteiger charge is 2.25. The van der Waals surface area contributed by atoms with Gasteiger partial charge in [0.1, 0.15) is 23.8 Å². The first-order valence-electron chi connectivity index (χ1n) is 20.5. The van der Waals surface area contributed by atoms with Crippen LogP contribution >= 0.6 is 0 Å². The number of carbonyl (C=O) groups is 2. The van der Waals surface area contributed by atoms with Gasteiger partial charge in [-0.3, -0.25) is 4.79 Å². The van der Waals surface area contributed by atoms with Crippen LogP contribution in [0.5, 0.6) is 11.5 Å². The van der Waals surface area contributed by atoms with Gasteiger partial charge in [0.25, 0.3) is 0 Å². The Labute approximate surface area is 341 Å². The van der Waals surface area contributed by atoms with Crippen molar-refractivity contribution in [2.75, 3.05) is 33.5 Å². The topological polar surface area (TPSA) is 109 Å². The Bertz CT molecular complexity index is 2440. The number of aromatic nitrogens is 1. The van der Waals surface area contributed by atoms with E-state index in [-0.39, 0.29) is 19.0 Å². The standard InChI is InChI=1S/C49H56N2O7/c1-8-10-14-35(9-2)30-51-44-20-17-36(47(50-58-34(6)53)40-19-18-37(56-24-23-55-7)28-45(40)57-22-13-21-52)27-41(44)42-29-43(38-15-11-12-16-39(38)48(42)51)49(54)46-32(4)25-31(3)26-33(46)5/h11-12,15-20,25-29,35,52H,8-10,13-14,21-24,30H2,1-7H3. The largest absolute Gasteiger partial charge is 0.493 e. The van der Waals surface area contributed by atoms with Crippen molar-refractivity contribution < 1.29 is 33.7 Å². The summed E-state index contributed by atoms with van der Waals surface area (Å²) in [7, 11) is 1.61. The zero-order chi connectivity index (χ0) is 41.3. The van der Waals surface area contributed by atoms with Gasteiger partial charge in [0, 0.05) is 83.6 Å². The van der Waals surface area contributed by atoms with Crippen molar-refractivity contribution in [2.45, 2.75) is 80.2 Å². The number of fused-ring (bicyclic) bond motifs is 5. The number of carbonyl (C=O) groups excluding carboxylic acids is 2. The first kappa shape index (κ1) is 42.1. The molecule has 0 saturated carbocycles. The molecule has 9 heteroatoms. The molecule has 1 unspecified atom stereocenters. The Morgan fingerprint density at radius 3 is 2.24 bits per heavy atom. The van der Waals surface area contributed by atoms with E-state index in [2.05, 4.69) is 73.0 Å². The number of hydrogen-bond acceptors (Lipinski definition) is 8. The molecule has 1 N–H and O–H groups in total. The monoisotopic (exact) mass is 784 g/mol. The van der Waals surface area contributed by atoms with Crippen molar-refractivity contribution in [3.8, 4) is 11.5 Å². The number of nitrogens with zero attached hydrogens (tertiary/aromatic N) is 2. The summed E-state index contributed by atoms with van der Waals surface area (Å²) in [6, 6.07) is 26.1. The fraction of sp³-hybridized carbons (Fsp3) is 0.367. The fourth-order valence-corrected chi connectivity index (χ4v) is 8.10. The lowest BCUT2D eigenvalue weighted by Gasteiger charge is -2.19. The molecule has 1 atom stereocenters. The van der Waals surface area contributed by atoms with E-state index in [1.807, 2.05) is 44.2 Å². The van der Waals surface area contributed by atoms with Crippen molar-refractivity contribution >= 4 is 50.0 Å². The van der Waals surface area contributed by atoms with Gasteiger partial charge >= 0.3 is 5.97 Å². The number of ketones is 1. The third-order valence-electron chi connectivity index (χ3n) is 10.9.